The molecule has 0 aliphatic rings. The number of halogens is 2. The number of nitrogens with zero attached hydrogens (tertiary/aromatic N) is 5. The maximum absolute atomic E-state index is 8.59. The predicted octanol–water partition coefficient (Wildman–Crippen LogP) is 2.19. The average Bonchev–Trinajstić information content (AvgIpc) is 2.28. The van der Waals surface area contributed by atoms with E-state index < -0.39 is 0 Å². The Kier molecular flexibility index (Phi) is 3.32. The minimum atomic E-state index is -0.00546. The first-order valence-corrected chi connectivity index (χ1v) is 5.13. The van der Waals surface area contributed by atoms with Crippen molar-refractivity contribution in [3.05, 3.63) is 34.6 Å². The summed E-state index contributed by atoms with van der Waals surface area (Å²) in [7, 11) is 0. The molecule has 2 heterocycles. The molecule has 0 fully saturated rings. The lowest BCUT2D eigenvalue weighted by molar-refractivity contribution is 1.05. The normalized spacial score (nSPS) is 9.71. The monoisotopic (exact) mass is 266 g/mol. The molecule has 17 heavy (non-hydrogen) atoms. The SMILES string of the molecule is N#Cc1ccc(Nc2nc(Cl)nc(Cl)n2)cn1. The molecule has 6 nitrogen and oxygen atoms in total. The first-order valence-electron chi connectivity index (χ1n) is 4.37. The number of nitriles is 1. The number of rotatable bonds is 2. The maximum atomic E-state index is 8.59. The third-order valence-electron chi connectivity index (χ3n) is 1.72. The highest BCUT2D eigenvalue weighted by molar-refractivity contribution is 6.31. The summed E-state index contributed by atoms with van der Waals surface area (Å²) in [5, 5.41) is 11.4. The lowest BCUT2D eigenvalue weighted by Gasteiger charge is -2.03. The van der Waals surface area contributed by atoms with E-state index in [0.29, 0.717) is 11.4 Å². The zero-order chi connectivity index (χ0) is 12.3. The van der Waals surface area contributed by atoms with E-state index in [2.05, 4.69) is 25.3 Å². The number of pyridine rings is 1. The molecule has 0 radical (unpaired) electrons. The number of hydrogen-bond acceptors (Lipinski definition) is 6. The van der Waals surface area contributed by atoms with Crippen LogP contribution in [-0.4, -0.2) is 19.9 Å². The molecule has 2 aromatic heterocycles. The van der Waals surface area contributed by atoms with Crippen LogP contribution in [0.3, 0.4) is 0 Å². The topological polar surface area (TPSA) is 87.4 Å². The predicted molar refractivity (Wildman–Crippen MR) is 62.1 cm³/mol. The van der Waals surface area contributed by atoms with E-state index in [1.807, 2.05) is 6.07 Å². The van der Waals surface area contributed by atoms with E-state index >= 15 is 0 Å². The van der Waals surface area contributed by atoms with Gasteiger partial charge in [0, 0.05) is 0 Å². The lowest BCUT2D eigenvalue weighted by atomic mass is 10.3. The lowest BCUT2D eigenvalue weighted by Crippen LogP contribution is -1.99. The highest BCUT2D eigenvalue weighted by atomic mass is 35.5. The number of hydrogen-bond donors (Lipinski definition) is 1. The smallest absolute Gasteiger partial charge is 0.232 e. The Morgan fingerprint density at radius 1 is 1.12 bits per heavy atom. The van der Waals surface area contributed by atoms with Crippen LogP contribution in [-0.2, 0) is 0 Å². The molecule has 0 amide bonds. The molecule has 0 saturated heterocycles. The van der Waals surface area contributed by atoms with Crippen LogP contribution in [0.5, 0.6) is 0 Å². The summed E-state index contributed by atoms with van der Waals surface area (Å²) < 4.78 is 0. The quantitative estimate of drug-likeness (QED) is 0.897. The van der Waals surface area contributed by atoms with Crippen molar-refractivity contribution in [3.63, 3.8) is 0 Å². The van der Waals surface area contributed by atoms with Gasteiger partial charge in [0.05, 0.1) is 11.9 Å². The number of aromatic nitrogens is 4. The van der Waals surface area contributed by atoms with Gasteiger partial charge in [-0.15, -0.1) is 0 Å². The minimum Gasteiger partial charge on any atom is -0.323 e. The van der Waals surface area contributed by atoms with E-state index in [9.17, 15) is 0 Å². The zero-order valence-electron chi connectivity index (χ0n) is 8.22. The Morgan fingerprint density at radius 2 is 1.82 bits per heavy atom. The minimum absolute atomic E-state index is 0.00546. The van der Waals surface area contributed by atoms with Gasteiger partial charge in [-0.05, 0) is 35.3 Å². The van der Waals surface area contributed by atoms with Crippen LogP contribution in [0.1, 0.15) is 5.69 Å². The molecule has 84 valence electrons. The average molecular weight is 267 g/mol. The molecule has 0 bridgehead atoms. The Labute approximate surface area is 106 Å². The molecule has 0 saturated carbocycles. The summed E-state index contributed by atoms with van der Waals surface area (Å²) >= 11 is 11.2. The third-order valence-corrected chi connectivity index (χ3v) is 2.05. The Hall–Kier alpha value is -1.97. The fourth-order valence-electron chi connectivity index (χ4n) is 1.04. The molecule has 1 N–H and O–H groups in total. The van der Waals surface area contributed by atoms with Crippen molar-refractivity contribution in [1.29, 1.82) is 5.26 Å². The Balaban J connectivity index is 2.22. The first-order chi connectivity index (χ1) is 8.17. The van der Waals surface area contributed by atoms with Crippen molar-refractivity contribution >= 4 is 34.8 Å². The number of nitrogens with one attached hydrogen (secondary N) is 1. The molecule has 2 rings (SSSR count). The fourth-order valence-corrected chi connectivity index (χ4v) is 1.41. The summed E-state index contributed by atoms with van der Waals surface area (Å²) in [6.45, 7) is 0. The van der Waals surface area contributed by atoms with Gasteiger partial charge in [-0.1, -0.05) is 0 Å². The largest absolute Gasteiger partial charge is 0.323 e. The van der Waals surface area contributed by atoms with Crippen LogP contribution < -0.4 is 5.32 Å². The summed E-state index contributed by atoms with van der Waals surface area (Å²) in [6, 6.07) is 5.14. The fraction of sp³-hybridized carbons (Fsp3) is 0. The highest BCUT2D eigenvalue weighted by Crippen LogP contribution is 2.15. The van der Waals surface area contributed by atoms with Gasteiger partial charge in [0.2, 0.25) is 16.5 Å². The van der Waals surface area contributed by atoms with Crippen molar-refractivity contribution in [2.24, 2.45) is 0 Å². The Morgan fingerprint density at radius 3 is 2.35 bits per heavy atom. The summed E-state index contributed by atoms with van der Waals surface area (Å²) in [5.74, 6) is 0.210. The van der Waals surface area contributed by atoms with Gasteiger partial charge >= 0.3 is 0 Å². The highest BCUT2D eigenvalue weighted by Gasteiger charge is 2.03. The standard InChI is InChI=1S/C9H4Cl2N6/c10-7-15-8(11)17-9(16-7)14-6-2-1-5(3-12)13-4-6/h1-2,4H,(H,14,15,16,17). The van der Waals surface area contributed by atoms with Crippen LogP contribution in [0.15, 0.2) is 18.3 Å². The second kappa shape index (κ2) is 4.91. The van der Waals surface area contributed by atoms with Crippen molar-refractivity contribution in [1.82, 2.24) is 19.9 Å². The van der Waals surface area contributed by atoms with Gasteiger partial charge in [0.25, 0.3) is 0 Å². The van der Waals surface area contributed by atoms with Crippen LogP contribution in [0.2, 0.25) is 10.6 Å². The van der Waals surface area contributed by atoms with Crippen LogP contribution in [0.4, 0.5) is 11.6 Å². The van der Waals surface area contributed by atoms with Crippen molar-refractivity contribution in [2.75, 3.05) is 5.32 Å². The molecule has 0 aliphatic carbocycles. The van der Waals surface area contributed by atoms with E-state index in [4.69, 9.17) is 28.5 Å². The van der Waals surface area contributed by atoms with E-state index in [1.165, 1.54) is 6.20 Å². The van der Waals surface area contributed by atoms with Gasteiger partial charge in [-0.3, -0.25) is 0 Å². The molecule has 0 unspecified atom stereocenters. The third kappa shape index (κ3) is 3.00. The van der Waals surface area contributed by atoms with Crippen molar-refractivity contribution in [2.45, 2.75) is 0 Å². The van der Waals surface area contributed by atoms with Gasteiger partial charge in [0.1, 0.15) is 11.8 Å². The molecule has 0 aliphatic heterocycles. The second-order valence-electron chi connectivity index (χ2n) is 2.87. The Bertz CT molecular complexity index is 557. The van der Waals surface area contributed by atoms with E-state index in [0.717, 1.165) is 0 Å². The first kappa shape index (κ1) is 11.5. The molecular weight excluding hydrogens is 263 g/mol. The molecule has 0 spiro atoms. The van der Waals surface area contributed by atoms with Crippen molar-refractivity contribution in [3.8, 4) is 6.07 Å². The maximum Gasteiger partial charge on any atom is 0.232 e. The van der Waals surface area contributed by atoms with Crippen LogP contribution in [0, 0.1) is 11.3 Å². The zero-order valence-corrected chi connectivity index (χ0v) is 9.74. The summed E-state index contributed by atoms with van der Waals surface area (Å²) in [4.78, 5) is 15.1. The second-order valence-corrected chi connectivity index (χ2v) is 3.54. The van der Waals surface area contributed by atoms with Crippen LogP contribution in [0.25, 0.3) is 0 Å². The van der Waals surface area contributed by atoms with E-state index in [-0.39, 0.29) is 16.5 Å². The van der Waals surface area contributed by atoms with Gasteiger partial charge < -0.3 is 5.32 Å². The molecule has 0 aromatic carbocycles. The summed E-state index contributed by atoms with van der Waals surface area (Å²) in [6.07, 6.45) is 1.48. The van der Waals surface area contributed by atoms with Crippen LogP contribution >= 0.6 is 23.2 Å². The number of anilines is 2. The molecular formula is C9H4Cl2N6. The van der Waals surface area contributed by atoms with Gasteiger partial charge in [-0.25, -0.2) is 4.98 Å². The van der Waals surface area contributed by atoms with E-state index in [1.54, 1.807) is 12.1 Å². The molecule has 2 aromatic rings. The molecule has 8 heteroatoms. The van der Waals surface area contributed by atoms with Gasteiger partial charge in [-0.2, -0.15) is 20.2 Å². The van der Waals surface area contributed by atoms with Crippen molar-refractivity contribution < 1.29 is 0 Å². The molecule has 0 atom stereocenters. The summed E-state index contributed by atoms with van der Waals surface area (Å²) in [5.41, 5.74) is 0.935. The van der Waals surface area contributed by atoms with Gasteiger partial charge in [0.15, 0.2) is 0 Å².